The highest BCUT2D eigenvalue weighted by Crippen LogP contribution is 2.32. The maximum absolute atomic E-state index is 11.2. The number of para-hydroxylation sites is 1. The molecular weight excluding hydrogens is 272 g/mol. The molecule has 2 unspecified atom stereocenters. The number of nitro benzene ring substituents is 1. The van der Waals surface area contributed by atoms with Crippen molar-refractivity contribution in [2.75, 3.05) is 5.32 Å². The second-order valence-corrected chi connectivity index (χ2v) is 5.72. The third kappa shape index (κ3) is 3.71. The number of aromatic carboxylic acids is 1. The molecule has 6 nitrogen and oxygen atoms in total. The fourth-order valence-electron chi connectivity index (χ4n) is 2.88. The van der Waals surface area contributed by atoms with Gasteiger partial charge in [0.15, 0.2) is 0 Å². The van der Waals surface area contributed by atoms with Crippen molar-refractivity contribution in [2.24, 2.45) is 5.92 Å². The van der Waals surface area contributed by atoms with Crippen LogP contribution in [0.4, 0.5) is 11.4 Å². The number of anilines is 1. The van der Waals surface area contributed by atoms with Crippen molar-refractivity contribution in [3.63, 3.8) is 0 Å². The SMILES string of the molecule is CC1CCCC(Nc2cccc(C(=O)O)c2[N+](=O)[O-])CC1. The zero-order valence-electron chi connectivity index (χ0n) is 12.0. The van der Waals surface area contributed by atoms with E-state index in [9.17, 15) is 14.9 Å². The first-order valence-corrected chi connectivity index (χ1v) is 7.26. The van der Waals surface area contributed by atoms with Gasteiger partial charge in [-0.25, -0.2) is 4.79 Å². The van der Waals surface area contributed by atoms with Crippen molar-refractivity contribution in [3.05, 3.63) is 33.9 Å². The van der Waals surface area contributed by atoms with Crippen LogP contribution in [-0.2, 0) is 0 Å². The van der Waals surface area contributed by atoms with Crippen LogP contribution in [0.5, 0.6) is 0 Å². The Morgan fingerprint density at radius 3 is 2.76 bits per heavy atom. The molecule has 0 aliphatic heterocycles. The van der Waals surface area contributed by atoms with Gasteiger partial charge in [0, 0.05) is 6.04 Å². The van der Waals surface area contributed by atoms with Crippen LogP contribution in [0, 0.1) is 16.0 Å². The van der Waals surface area contributed by atoms with Gasteiger partial charge in [-0.05, 0) is 37.3 Å². The van der Waals surface area contributed by atoms with Gasteiger partial charge in [0.1, 0.15) is 11.3 Å². The first kappa shape index (κ1) is 15.3. The summed E-state index contributed by atoms with van der Waals surface area (Å²) in [6, 6.07) is 4.55. The average Bonchev–Trinajstić information content (AvgIpc) is 2.63. The minimum absolute atomic E-state index is 0.165. The van der Waals surface area contributed by atoms with E-state index >= 15 is 0 Å². The third-order valence-electron chi connectivity index (χ3n) is 4.07. The van der Waals surface area contributed by atoms with Gasteiger partial charge in [-0.3, -0.25) is 10.1 Å². The quantitative estimate of drug-likeness (QED) is 0.501. The van der Waals surface area contributed by atoms with Crippen LogP contribution in [0.25, 0.3) is 0 Å². The normalized spacial score (nSPS) is 22.3. The van der Waals surface area contributed by atoms with E-state index < -0.39 is 10.9 Å². The van der Waals surface area contributed by atoms with Gasteiger partial charge < -0.3 is 10.4 Å². The first-order valence-electron chi connectivity index (χ1n) is 7.26. The number of hydrogen-bond acceptors (Lipinski definition) is 4. The third-order valence-corrected chi connectivity index (χ3v) is 4.07. The number of carboxylic acids is 1. The van der Waals surface area contributed by atoms with Gasteiger partial charge in [-0.2, -0.15) is 0 Å². The predicted octanol–water partition coefficient (Wildman–Crippen LogP) is 3.67. The minimum Gasteiger partial charge on any atom is -0.477 e. The Morgan fingerprint density at radius 1 is 1.33 bits per heavy atom. The molecule has 0 heterocycles. The summed E-state index contributed by atoms with van der Waals surface area (Å²) in [6.07, 6.45) is 5.26. The van der Waals surface area contributed by atoms with Gasteiger partial charge in [0.05, 0.1) is 4.92 Å². The summed E-state index contributed by atoms with van der Waals surface area (Å²) in [6.45, 7) is 2.22. The summed E-state index contributed by atoms with van der Waals surface area (Å²) in [4.78, 5) is 21.7. The van der Waals surface area contributed by atoms with Crippen LogP contribution < -0.4 is 5.32 Å². The summed E-state index contributed by atoms with van der Waals surface area (Å²) in [7, 11) is 0. The van der Waals surface area contributed by atoms with E-state index in [0.717, 1.165) is 25.7 Å². The van der Waals surface area contributed by atoms with Gasteiger partial charge in [-0.15, -0.1) is 0 Å². The van der Waals surface area contributed by atoms with E-state index in [1.165, 1.54) is 18.6 Å². The average molecular weight is 292 g/mol. The fraction of sp³-hybridized carbons (Fsp3) is 0.533. The Morgan fingerprint density at radius 2 is 2.10 bits per heavy atom. The highest BCUT2D eigenvalue weighted by atomic mass is 16.6. The van der Waals surface area contributed by atoms with Crippen LogP contribution in [0.15, 0.2) is 18.2 Å². The molecule has 2 rings (SSSR count). The van der Waals surface area contributed by atoms with Crippen molar-refractivity contribution in [3.8, 4) is 0 Å². The minimum atomic E-state index is -1.28. The Balaban J connectivity index is 2.25. The molecule has 21 heavy (non-hydrogen) atoms. The largest absolute Gasteiger partial charge is 0.477 e. The summed E-state index contributed by atoms with van der Waals surface area (Å²) in [5.74, 6) is -0.600. The molecule has 114 valence electrons. The van der Waals surface area contributed by atoms with Crippen LogP contribution >= 0.6 is 0 Å². The van der Waals surface area contributed by atoms with Crippen LogP contribution in [0.3, 0.4) is 0 Å². The summed E-state index contributed by atoms with van der Waals surface area (Å²) in [5, 5.41) is 23.5. The predicted molar refractivity (Wildman–Crippen MR) is 79.7 cm³/mol. The lowest BCUT2D eigenvalue weighted by Gasteiger charge is -2.18. The molecule has 2 atom stereocenters. The first-order chi connectivity index (χ1) is 9.99. The summed E-state index contributed by atoms with van der Waals surface area (Å²) in [5.41, 5.74) is -0.311. The molecule has 0 amide bonds. The molecule has 0 aromatic heterocycles. The molecule has 1 aliphatic rings. The summed E-state index contributed by atoms with van der Waals surface area (Å²) >= 11 is 0. The van der Waals surface area contributed by atoms with Gasteiger partial charge in [0.25, 0.3) is 0 Å². The highest BCUT2D eigenvalue weighted by molar-refractivity contribution is 5.95. The van der Waals surface area contributed by atoms with E-state index in [0.29, 0.717) is 11.6 Å². The highest BCUT2D eigenvalue weighted by Gasteiger charge is 2.26. The van der Waals surface area contributed by atoms with E-state index in [2.05, 4.69) is 12.2 Å². The number of rotatable bonds is 4. The topological polar surface area (TPSA) is 92.5 Å². The molecule has 0 bridgehead atoms. The Kier molecular flexibility index (Phi) is 4.77. The summed E-state index contributed by atoms with van der Waals surface area (Å²) < 4.78 is 0. The van der Waals surface area contributed by atoms with E-state index in [1.807, 2.05) is 0 Å². The number of hydrogen-bond donors (Lipinski definition) is 2. The number of carboxylic acid groups (broad SMARTS) is 1. The second kappa shape index (κ2) is 6.56. The fourth-order valence-corrected chi connectivity index (χ4v) is 2.88. The smallest absolute Gasteiger partial charge is 0.342 e. The second-order valence-electron chi connectivity index (χ2n) is 5.72. The Labute approximate surface area is 123 Å². The van der Waals surface area contributed by atoms with Crippen molar-refractivity contribution in [1.82, 2.24) is 0 Å². The maximum atomic E-state index is 11.2. The Bertz CT molecular complexity index is 544. The maximum Gasteiger partial charge on any atom is 0.342 e. The van der Waals surface area contributed by atoms with Crippen molar-refractivity contribution in [2.45, 2.75) is 45.1 Å². The molecule has 2 N–H and O–H groups in total. The van der Waals surface area contributed by atoms with Gasteiger partial charge in [-0.1, -0.05) is 25.8 Å². The van der Waals surface area contributed by atoms with Crippen LogP contribution in [0.1, 0.15) is 49.4 Å². The molecule has 1 fully saturated rings. The monoisotopic (exact) mass is 292 g/mol. The number of nitrogens with zero attached hydrogens (tertiary/aromatic N) is 1. The standard InChI is InChI=1S/C15H20N2O4/c1-10-4-2-5-11(9-8-10)16-13-7-3-6-12(15(18)19)14(13)17(20)21/h3,6-7,10-11,16H,2,4-5,8-9H2,1H3,(H,18,19). The molecule has 6 heteroatoms. The molecule has 1 aromatic carbocycles. The molecule has 0 saturated heterocycles. The molecule has 0 radical (unpaired) electrons. The van der Waals surface area contributed by atoms with E-state index in [-0.39, 0.29) is 17.3 Å². The zero-order valence-corrected chi connectivity index (χ0v) is 12.0. The number of carbonyl (C=O) groups is 1. The molecule has 0 spiro atoms. The lowest BCUT2D eigenvalue weighted by molar-refractivity contribution is -0.384. The van der Waals surface area contributed by atoms with Crippen molar-refractivity contribution in [1.29, 1.82) is 0 Å². The number of benzene rings is 1. The van der Waals surface area contributed by atoms with Crippen LogP contribution in [-0.4, -0.2) is 22.0 Å². The molecule has 1 saturated carbocycles. The molecule has 1 aliphatic carbocycles. The van der Waals surface area contributed by atoms with Gasteiger partial charge >= 0.3 is 11.7 Å². The number of nitro groups is 1. The lowest BCUT2D eigenvalue weighted by atomic mass is 10.0. The van der Waals surface area contributed by atoms with Crippen molar-refractivity contribution < 1.29 is 14.8 Å². The lowest BCUT2D eigenvalue weighted by Crippen LogP contribution is -2.20. The van der Waals surface area contributed by atoms with Gasteiger partial charge in [0.2, 0.25) is 0 Å². The Hall–Kier alpha value is -2.11. The zero-order chi connectivity index (χ0) is 15.4. The van der Waals surface area contributed by atoms with Crippen LogP contribution in [0.2, 0.25) is 0 Å². The molecular formula is C15H20N2O4. The van der Waals surface area contributed by atoms with E-state index in [1.54, 1.807) is 6.07 Å². The number of nitrogens with one attached hydrogen (secondary N) is 1. The van der Waals surface area contributed by atoms with Crippen molar-refractivity contribution >= 4 is 17.3 Å². The molecule has 1 aromatic rings. The van der Waals surface area contributed by atoms with E-state index in [4.69, 9.17) is 5.11 Å².